The number of rotatable bonds is 6. The van der Waals surface area contributed by atoms with Crippen molar-refractivity contribution in [3.05, 3.63) is 54.1 Å². The lowest BCUT2D eigenvalue weighted by molar-refractivity contribution is -0.0771. The van der Waals surface area contributed by atoms with Crippen LogP contribution in [0.25, 0.3) is 0 Å². The standard InChI is InChI=1S/C14H15BN2O4S/c16-9-14-12-7-6-10(8-13(12)15(18)19-14)17-22-21-20-11-4-2-1-3-5-11/h1-8,14,17-18H,9,16H2. The summed E-state index contributed by atoms with van der Waals surface area (Å²) in [6.45, 7) is 0.333. The Morgan fingerprint density at radius 2 is 2.09 bits per heavy atom. The molecule has 1 heterocycles. The maximum absolute atomic E-state index is 9.86. The highest BCUT2D eigenvalue weighted by Gasteiger charge is 2.34. The summed E-state index contributed by atoms with van der Waals surface area (Å²) in [4.78, 5) is 5.09. The van der Waals surface area contributed by atoms with Gasteiger partial charge >= 0.3 is 7.12 Å². The van der Waals surface area contributed by atoms with E-state index >= 15 is 0 Å². The molecule has 8 heteroatoms. The lowest BCUT2D eigenvalue weighted by atomic mass is 9.79. The van der Waals surface area contributed by atoms with Gasteiger partial charge in [0.05, 0.1) is 6.10 Å². The molecule has 0 fully saturated rings. The molecule has 2 aromatic rings. The van der Waals surface area contributed by atoms with Gasteiger partial charge in [-0.15, -0.1) is 0 Å². The minimum atomic E-state index is -0.947. The zero-order valence-electron chi connectivity index (χ0n) is 11.6. The van der Waals surface area contributed by atoms with Crippen LogP contribution in [0.3, 0.4) is 0 Å². The number of nitrogens with two attached hydrogens (primary N) is 1. The summed E-state index contributed by atoms with van der Waals surface area (Å²) in [6.07, 6.45) is -0.260. The average molecular weight is 318 g/mol. The molecule has 1 aliphatic rings. The third-order valence-corrected chi connectivity index (χ3v) is 3.73. The zero-order chi connectivity index (χ0) is 15.4. The van der Waals surface area contributed by atoms with E-state index in [2.05, 4.69) is 4.72 Å². The van der Waals surface area contributed by atoms with Gasteiger partial charge in [0.2, 0.25) is 0 Å². The summed E-state index contributed by atoms with van der Waals surface area (Å²) >= 11 is 0.935. The van der Waals surface area contributed by atoms with Gasteiger partial charge in [0, 0.05) is 12.2 Å². The number of benzene rings is 2. The summed E-state index contributed by atoms with van der Waals surface area (Å²) in [5.74, 6) is 0.611. The van der Waals surface area contributed by atoms with Gasteiger partial charge in [-0.05, 0) is 35.3 Å². The fourth-order valence-electron chi connectivity index (χ4n) is 2.23. The molecule has 3 rings (SSSR count). The fourth-order valence-corrected chi connectivity index (χ4v) is 2.60. The van der Waals surface area contributed by atoms with Gasteiger partial charge in [-0.25, -0.2) is 0 Å². The molecular formula is C14H15BN2O4S. The second-order valence-corrected chi connectivity index (χ2v) is 5.21. The largest absolute Gasteiger partial charge is 0.492 e. The van der Waals surface area contributed by atoms with Gasteiger partial charge in [0.1, 0.15) is 0 Å². The molecule has 0 saturated heterocycles. The molecule has 2 aromatic carbocycles. The maximum atomic E-state index is 9.86. The van der Waals surface area contributed by atoms with Gasteiger partial charge in [-0.1, -0.05) is 28.6 Å². The quantitative estimate of drug-likeness (QED) is 0.185. The molecule has 0 saturated carbocycles. The highest BCUT2D eigenvalue weighted by molar-refractivity contribution is 7.95. The van der Waals surface area contributed by atoms with Crippen LogP contribution in [0.15, 0.2) is 48.5 Å². The summed E-state index contributed by atoms with van der Waals surface area (Å²) in [6, 6.07) is 14.7. The molecule has 1 aliphatic heterocycles. The van der Waals surface area contributed by atoms with Crippen molar-refractivity contribution in [1.82, 2.24) is 0 Å². The molecular weight excluding hydrogens is 303 g/mol. The Balaban J connectivity index is 1.55. The van der Waals surface area contributed by atoms with Gasteiger partial charge in [-0.3, -0.25) is 0 Å². The van der Waals surface area contributed by atoms with Crippen molar-refractivity contribution in [3.63, 3.8) is 0 Å². The van der Waals surface area contributed by atoms with Gasteiger partial charge < -0.3 is 25.0 Å². The molecule has 0 aromatic heterocycles. The predicted octanol–water partition coefficient (Wildman–Crippen LogP) is 1.39. The summed E-state index contributed by atoms with van der Waals surface area (Å²) in [5, 5.41) is 9.86. The van der Waals surface area contributed by atoms with E-state index in [0.717, 1.165) is 23.5 Å². The molecule has 114 valence electrons. The number of fused-ring (bicyclic) bond motifs is 1. The first-order valence-electron chi connectivity index (χ1n) is 6.76. The number of anilines is 1. The Hall–Kier alpha value is -1.71. The summed E-state index contributed by atoms with van der Waals surface area (Å²) < 4.78 is 13.3. The topological polar surface area (TPSA) is 86.0 Å². The van der Waals surface area contributed by atoms with E-state index in [4.69, 9.17) is 19.6 Å². The van der Waals surface area contributed by atoms with E-state index in [1.807, 2.05) is 30.3 Å². The average Bonchev–Trinajstić information content (AvgIpc) is 2.88. The van der Waals surface area contributed by atoms with Crippen LogP contribution in [-0.4, -0.2) is 18.7 Å². The third-order valence-electron chi connectivity index (χ3n) is 3.27. The van der Waals surface area contributed by atoms with E-state index in [1.54, 1.807) is 18.2 Å². The predicted molar refractivity (Wildman–Crippen MR) is 86.3 cm³/mol. The first-order valence-corrected chi connectivity index (χ1v) is 7.51. The van der Waals surface area contributed by atoms with Crippen molar-refractivity contribution >= 4 is 30.5 Å². The van der Waals surface area contributed by atoms with Crippen molar-refractivity contribution in [2.45, 2.75) is 6.10 Å². The molecule has 6 nitrogen and oxygen atoms in total. The van der Waals surface area contributed by atoms with Crippen molar-refractivity contribution < 1.29 is 18.9 Å². The second kappa shape index (κ2) is 7.04. The number of hydrogen-bond acceptors (Lipinski definition) is 7. The monoisotopic (exact) mass is 318 g/mol. The number of para-hydroxylation sites is 1. The SMILES string of the molecule is NCC1OB(O)c2cc(NSOOc3ccccc3)ccc21. The Bertz CT molecular complexity index is 631. The van der Waals surface area contributed by atoms with Crippen LogP contribution in [0, 0.1) is 0 Å². The third kappa shape index (κ3) is 3.37. The Kier molecular flexibility index (Phi) is 4.86. The molecule has 22 heavy (non-hydrogen) atoms. The number of hydrogen-bond donors (Lipinski definition) is 3. The Labute approximate surface area is 133 Å². The first-order chi connectivity index (χ1) is 10.8. The highest BCUT2D eigenvalue weighted by atomic mass is 32.2. The fraction of sp³-hybridized carbons (Fsp3) is 0.143. The van der Waals surface area contributed by atoms with Crippen LogP contribution < -0.4 is 20.8 Å². The van der Waals surface area contributed by atoms with E-state index in [0.29, 0.717) is 17.8 Å². The van der Waals surface area contributed by atoms with Crippen molar-refractivity contribution in [2.24, 2.45) is 5.73 Å². The van der Waals surface area contributed by atoms with E-state index in [9.17, 15) is 5.02 Å². The van der Waals surface area contributed by atoms with E-state index in [1.165, 1.54) is 0 Å². The van der Waals surface area contributed by atoms with Crippen LogP contribution in [0.2, 0.25) is 0 Å². The van der Waals surface area contributed by atoms with Crippen LogP contribution in [-0.2, 0) is 8.99 Å². The zero-order valence-corrected chi connectivity index (χ0v) is 12.5. The van der Waals surface area contributed by atoms with Crippen LogP contribution in [0.4, 0.5) is 5.69 Å². The molecule has 1 atom stereocenters. The number of nitrogens with one attached hydrogen (secondary N) is 1. The lowest BCUT2D eigenvalue weighted by Crippen LogP contribution is -2.28. The van der Waals surface area contributed by atoms with Crippen LogP contribution in [0.5, 0.6) is 5.75 Å². The Morgan fingerprint density at radius 3 is 2.86 bits per heavy atom. The van der Waals surface area contributed by atoms with Gasteiger partial charge in [0.25, 0.3) is 0 Å². The lowest BCUT2D eigenvalue weighted by Gasteiger charge is -2.09. The van der Waals surface area contributed by atoms with E-state index < -0.39 is 7.12 Å². The van der Waals surface area contributed by atoms with Crippen LogP contribution in [0.1, 0.15) is 11.7 Å². The molecule has 4 N–H and O–H groups in total. The van der Waals surface area contributed by atoms with Crippen molar-refractivity contribution in [2.75, 3.05) is 11.3 Å². The van der Waals surface area contributed by atoms with Crippen LogP contribution >= 0.6 is 12.2 Å². The minimum absolute atomic E-state index is 0.260. The first kappa shape index (κ1) is 15.2. The molecule has 0 radical (unpaired) electrons. The maximum Gasteiger partial charge on any atom is 0.492 e. The smallest absolute Gasteiger partial charge is 0.423 e. The van der Waals surface area contributed by atoms with Crippen molar-refractivity contribution in [3.8, 4) is 5.75 Å². The molecule has 0 bridgehead atoms. The Morgan fingerprint density at radius 1 is 1.27 bits per heavy atom. The summed E-state index contributed by atoms with van der Waals surface area (Å²) in [5.41, 5.74) is 8.00. The molecule has 0 spiro atoms. The van der Waals surface area contributed by atoms with Gasteiger partial charge in [0.15, 0.2) is 18.0 Å². The normalized spacial score (nSPS) is 16.5. The van der Waals surface area contributed by atoms with Gasteiger partial charge in [-0.2, -0.15) is 0 Å². The molecule has 0 aliphatic carbocycles. The summed E-state index contributed by atoms with van der Waals surface area (Å²) in [7, 11) is -0.947. The van der Waals surface area contributed by atoms with Crippen molar-refractivity contribution in [1.29, 1.82) is 0 Å². The minimum Gasteiger partial charge on any atom is -0.423 e. The highest BCUT2D eigenvalue weighted by Crippen LogP contribution is 2.25. The molecule has 0 amide bonds. The van der Waals surface area contributed by atoms with E-state index in [-0.39, 0.29) is 6.10 Å². The second-order valence-electron chi connectivity index (χ2n) is 4.71. The molecule has 1 unspecified atom stereocenters.